The lowest BCUT2D eigenvalue weighted by Gasteiger charge is -2.32. The molecule has 3 heterocycles. The molecule has 0 saturated carbocycles. The number of nitrogens with zero attached hydrogens (tertiary/aromatic N) is 3. The van der Waals surface area contributed by atoms with Crippen molar-refractivity contribution in [2.45, 2.75) is 50.8 Å². The highest BCUT2D eigenvalue weighted by Gasteiger charge is 2.29. The fraction of sp³-hybridized carbons (Fsp3) is 0.667. The Labute approximate surface area is 201 Å². The van der Waals surface area contributed by atoms with Crippen LogP contribution in [0.1, 0.15) is 45.1 Å². The molecule has 1 aromatic rings. The number of pyridine rings is 1. The van der Waals surface area contributed by atoms with Gasteiger partial charge in [0, 0.05) is 48.6 Å². The van der Waals surface area contributed by atoms with Crippen LogP contribution in [0.2, 0.25) is 0 Å². The highest BCUT2D eigenvalue weighted by Crippen LogP contribution is 2.36. The predicted octanol–water partition coefficient (Wildman–Crippen LogP) is 2.74. The first-order valence-corrected chi connectivity index (χ1v) is 11.6. The molecule has 1 amide bonds. The lowest BCUT2D eigenvalue weighted by Crippen LogP contribution is -2.43. The molecule has 0 bridgehead atoms. The van der Waals surface area contributed by atoms with Crippen LogP contribution >= 0.6 is 35.7 Å². The molecule has 3 rings (SSSR count). The number of nitrogens with one attached hydrogen (secondary N) is 2. The van der Waals surface area contributed by atoms with E-state index in [1.807, 2.05) is 24.0 Å². The third-order valence-electron chi connectivity index (χ3n) is 5.75. The Morgan fingerprint density at radius 1 is 1.40 bits per heavy atom. The van der Waals surface area contributed by atoms with E-state index in [4.69, 9.17) is 10.7 Å². The van der Waals surface area contributed by atoms with E-state index in [0.717, 1.165) is 56.4 Å². The minimum atomic E-state index is -0.189. The van der Waals surface area contributed by atoms with E-state index < -0.39 is 0 Å². The number of piperidine rings is 1. The standard InChI is InChI=1S/C21H34N6OS.HI/c1-3-23-20(26-15-21(2)9-5-13-29-21)25-14-17-6-4-10-24-19(17)27-11-7-16(8-12-27)18(22)28;/h4,6,10,16H,3,5,7-9,11-15H2,1-2H3,(H2,22,28)(H2,23,25,26);1H. The Kier molecular flexibility index (Phi) is 9.99. The van der Waals surface area contributed by atoms with Gasteiger partial charge in [-0.1, -0.05) is 6.07 Å². The molecule has 0 spiro atoms. The minimum absolute atomic E-state index is 0. The largest absolute Gasteiger partial charge is 0.369 e. The molecule has 0 radical (unpaired) electrons. The van der Waals surface area contributed by atoms with Crippen molar-refractivity contribution in [3.05, 3.63) is 23.9 Å². The number of anilines is 1. The lowest BCUT2D eigenvalue weighted by atomic mass is 9.96. The Morgan fingerprint density at radius 3 is 2.80 bits per heavy atom. The van der Waals surface area contributed by atoms with Gasteiger partial charge in [0.1, 0.15) is 5.82 Å². The van der Waals surface area contributed by atoms with Crippen molar-refractivity contribution in [1.82, 2.24) is 15.6 Å². The molecule has 30 heavy (non-hydrogen) atoms. The number of nitrogens with two attached hydrogens (primary N) is 1. The van der Waals surface area contributed by atoms with Crippen LogP contribution in [0, 0.1) is 5.92 Å². The van der Waals surface area contributed by atoms with Crippen LogP contribution in [0.4, 0.5) is 5.82 Å². The lowest BCUT2D eigenvalue weighted by molar-refractivity contribution is -0.122. The second-order valence-electron chi connectivity index (χ2n) is 8.10. The van der Waals surface area contributed by atoms with Crippen molar-refractivity contribution >= 4 is 53.4 Å². The number of thioether (sulfide) groups is 1. The Bertz CT molecular complexity index is 717. The van der Waals surface area contributed by atoms with Crippen molar-refractivity contribution in [1.29, 1.82) is 0 Å². The zero-order valence-electron chi connectivity index (χ0n) is 18.0. The first-order valence-electron chi connectivity index (χ1n) is 10.6. The van der Waals surface area contributed by atoms with Crippen molar-refractivity contribution in [2.75, 3.05) is 36.8 Å². The molecule has 1 aromatic heterocycles. The van der Waals surface area contributed by atoms with Gasteiger partial charge in [-0.25, -0.2) is 9.98 Å². The molecule has 0 aromatic carbocycles. The summed E-state index contributed by atoms with van der Waals surface area (Å²) in [5, 5.41) is 6.88. The maximum Gasteiger partial charge on any atom is 0.220 e. The molecule has 9 heteroatoms. The van der Waals surface area contributed by atoms with Gasteiger partial charge in [0.2, 0.25) is 5.91 Å². The fourth-order valence-corrected chi connectivity index (χ4v) is 5.21. The number of halogens is 1. The van der Waals surface area contributed by atoms with E-state index in [9.17, 15) is 4.79 Å². The van der Waals surface area contributed by atoms with Gasteiger partial charge in [-0.2, -0.15) is 11.8 Å². The van der Waals surface area contributed by atoms with Gasteiger partial charge in [-0.05, 0) is 51.3 Å². The summed E-state index contributed by atoms with van der Waals surface area (Å²) in [6, 6.07) is 4.05. The smallest absolute Gasteiger partial charge is 0.220 e. The summed E-state index contributed by atoms with van der Waals surface area (Å²) in [6.45, 7) is 8.33. The molecule has 2 saturated heterocycles. The average molecular weight is 547 g/mol. The van der Waals surface area contributed by atoms with Crippen LogP contribution in [0.15, 0.2) is 23.3 Å². The SMILES string of the molecule is CCNC(=NCc1cccnc1N1CCC(C(N)=O)CC1)NCC1(C)CCCS1.I. The van der Waals surface area contributed by atoms with Crippen molar-refractivity contribution in [3.63, 3.8) is 0 Å². The molecule has 7 nitrogen and oxygen atoms in total. The first kappa shape index (κ1) is 25.0. The van der Waals surface area contributed by atoms with Gasteiger partial charge < -0.3 is 21.3 Å². The summed E-state index contributed by atoms with van der Waals surface area (Å²) in [6.07, 6.45) is 5.94. The topological polar surface area (TPSA) is 95.6 Å². The number of amides is 1. The zero-order valence-corrected chi connectivity index (χ0v) is 21.2. The number of hydrogen-bond acceptors (Lipinski definition) is 5. The molecular formula is C21H35IN6OS. The number of hydrogen-bond donors (Lipinski definition) is 3. The summed E-state index contributed by atoms with van der Waals surface area (Å²) < 4.78 is 0.292. The molecule has 168 valence electrons. The zero-order chi connectivity index (χ0) is 20.7. The van der Waals surface area contributed by atoms with E-state index in [1.54, 1.807) is 0 Å². The van der Waals surface area contributed by atoms with Crippen molar-refractivity contribution in [3.8, 4) is 0 Å². The van der Waals surface area contributed by atoms with Crippen LogP contribution in [0.3, 0.4) is 0 Å². The number of carbonyl (C=O) groups is 1. The number of aliphatic imine (C=N–C) groups is 1. The number of aromatic nitrogens is 1. The van der Waals surface area contributed by atoms with Crippen molar-refractivity contribution in [2.24, 2.45) is 16.6 Å². The molecule has 1 unspecified atom stereocenters. The maximum absolute atomic E-state index is 11.4. The first-order chi connectivity index (χ1) is 14.0. The van der Waals surface area contributed by atoms with Gasteiger partial charge in [-0.15, -0.1) is 24.0 Å². The third-order valence-corrected chi connectivity index (χ3v) is 7.28. The minimum Gasteiger partial charge on any atom is -0.369 e. The predicted molar refractivity (Wildman–Crippen MR) is 137 cm³/mol. The monoisotopic (exact) mass is 546 g/mol. The highest BCUT2D eigenvalue weighted by molar-refractivity contribution is 14.0. The van der Waals surface area contributed by atoms with E-state index in [1.165, 1.54) is 18.6 Å². The van der Waals surface area contributed by atoms with Gasteiger partial charge in [0.25, 0.3) is 0 Å². The summed E-state index contributed by atoms with van der Waals surface area (Å²) in [7, 11) is 0. The summed E-state index contributed by atoms with van der Waals surface area (Å²) in [5.74, 6) is 2.86. The summed E-state index contributed by atoms with van der Waals surface area (Å²) in [5.41, 5.74) is 6.57. The molecule has 4 N–H and O–H groups in total. The normalized spacial score (nSPS) is 22.5. The number of rotatable bonds is 7. The van der Waals surface area contributed by atoms with Crippen molar-refractivity contribution < 1.29 is 4.79 Å². The molecular weight excluding hydrogens is 511 g/mol. The second kappa shape index (κ2) is 12.0. The molecule has 1 atom stereocenters. The highest BCUT2D eigenvalue weighted by atomic mass is 127. The Hall–Kier alpha value is -1.23. The van der Waals surface area contributed by atoms with E-state index in [-0.39, 0.29) is 35.8 Å². The second-order valence-corrected chi connectivity index (χ2v) is 9.78. The van der Waals surface area contributed by atoms with E-state index in [0.29, 0.717) is 11.3 Å². The van der Waals surface area contributed by atoms with Crippen LogP contribution in [-0.4, -0.2) is 53.5 Å². The molecule has 2 aliphatic heterocycles. The number of carbonyl (C=O) groups excluding carboxylic acids is 1. The third kappa shape index (κ3) is 6.90. The number of primary amides is 1. The van der Waals surface area contributed by atoms with Crippen LogP contribution in [0.5, 0.6) is 0 Å². The average Bonchev–Trinajstić information content (AvgIpc) is 3.17. The summed E-state index contributed by atoms with van der Waals surface area (Å²) in [4.78, 5) is 23.1. The van der Waals surface area contributed by atoms with Crippen LogP contribution in [0.25, 0.3) is 0 Å². The van der Waals surface area contributed by atoms with E-state index >= 15 is 0 Å². The molecule has 2 fully saturated rings. The van der Waals surface area contributed by atoms with Crippen LogP contribution in [-0.2, 0) is 11.3 Å². The van der Waals surface area contributed by atoms with E-state index in [2.05, 4.69) is 40.4 Å². The maximum atomic E-state index is 11.4. The van der Waals surface area contributed by atoms with Gasteiger partial charge in [-0.3, -0.25) is 4.79 Å². The van der Waals surface area contributed by atoms with Gasteiger partial charge in [0.05, 0.1) is 6.54 Å². The van der Waals surface area contributed by atoms with Crippen LogP contribution < -0.4 is 21.3 Å². The van der Waals surface area contributed by atoms with Gasteiger partial charge >= 0.3 is 0 Å². The summed E-state index contributed by atoms with van der Waals surface area (Å²) >= 11 is 2.05. The Balaban J connectivity index is 0.00000320. The fourth-order valence-electron chi connectivity index (χ4n) is 3.97. The molecule has 0 aliphatic carbocycles. The Morgan fingerprint density at radius 2 is 2.17 bits per heavy atom. The number of guanidine groups is 1. The quantitative estimate of drug-likeness (QED) is 0.277. The molecule has 2 aliphatic rings. The van der Waals surface area contributed by atoms with Gasteiger partial charge in [0.15, 0.2) is 5.96 Å².